The molecule has 1 atom stereocenters. The third-order valence-corrected chi connectivity index (χ3v) is 3.47. The van der Waals surface area contributed by atoms with Crippen LogP contribution in [0, 0.1) is 11.3 Å². The average Bonchev–Trinajstić information content (AvgIpc) is 2.29. The van der Waals surface area contributed by atoms with Gasteiger partial charge in [0.05, 0.1) is 16.9 Å². The summed E-state index contributed by atoms with van der Waals surface area (Å²) in [4.78, 5) is 2.12. The van der Waals surface area contributed by atoms with E-state index in [1.54, 1.807) is 17.8 Å². The molecule has 1 aromatic rings. The third-order valence-electron chi connectivity index (χ3n) is 2.65. The summed E-state index contributed by atoms with van der Waals surface area (Å²) in [6.45, 7) is 2.15. The fourth-order valence-corrected chi connectivity index (χ4v) is 2.25. The zero-order valence-electron chi connectivity index (χ0n) is 9.90. The van der Waals surface area contributed by atoms with E-state index in [-0.39, 0.29) is 0 Å². The van der Waals surface area contributed by atoms with E-state index >= 15 is 0 Å². The Morgan fingerprint density at radius 3 is 2.81 bits per heavy atom. The van der Waals surface area contributed by atoms with Crippen molar-refractivity contribution in [2.24, 2.45) is 0 Å². The molecule has 0 aliphatic heterocycles. The first-order chi connectivity index (χ1) is 7.61. The summed E-state index contributed by atoms with van der Waals surface area (Å²) in [5, 5.41) is 8.91. The topological polar surface area (TPSA) is 53.0 Å². The van der Waals surface area contributed by atoms with Crippen LogP contribution in [-0.2, 0) is 0 Å². The predicted octanol–water partition coefficient (Wildman–Crippen LogP) is 2.33. The molecule has 0 fully saturated rings. The van der Waals surface area contributed by atoms with E-state index in [2.05, 4.69) is 24.1 Å². The standard InChI is InChI=1S/C12H17N3S/c1-9(8-16-3)15(2)11-6-4-5-10(7-13)12(11)14/h4-6,9H,8,14H2,1-3H3. The first-order valence-corrected chi connectivity index (χ1v) is 6.51. The van der Waals surface area contributed by atoms with E-state index in [4.69, 9.17) is 11.0 Å². The third kappa shape index (κ3) is 2.61. The molecule has 0 saturated carbocycles. The number of nitrogens with zero attached hydrogens (tertiary/aromatic N) is 2. The van der Waals surface area contributed by atoms with Gasteiger partial charge in [-0.1, -0.05) is 6.07 Å². The molecule has 1 rings (SSSR count). The van der Waals surface area contributed by atoms with Crippen LogP contribution >= 0.6 is 11.8 Å². The van der Waals surface area contributed by atoms with Gasteiger partial charge >= 0.3 is 0 Å². The molecule has 0 heterocycles. The largest absolute Gasteiger partial charge is 0.396 e. The van der Waals surface area contributed by atoms with Gasteiger partial charge in [0.25, 0.3) is 0 Å². The summed E-state index contributed by atoms with van der Waals surface area (Å²) in [6.07, 6.45) is 2.08. The maximum absolute atomic E-state index is 8.91. The van der Waals surface area contributed by atoms with Crippen LogP contribution in [0.1, 0.15) is 12.5 Å². The zero-order chi connectivity index (χ0) is 12.1. The quantitative estimate of drug-likeness (QED) is 0.814. The van der Waals surface area contributed by atoms with Gasteiger partial charge in [-0.15, -0.1) is 0 Å². The number of benzene rings is 1. The summed E-state index contributed by atoms with van der Waals surface area (Å²) in [5.41, 5.74) is 8.00. The van der Waals surface area contributed by atoms with Crippen molar-refractivity contribution >= 4 is 23.1 Å². The van der Waals surface area contributed by atoms with Crippen LogP contribution in [-0.4, -0.2) is 25.1 Å². The lowest BCUT2D eigenvalue weighted by atomic mass is 10.1. The molecule has 0 spiro atoms. The van der Waals surface area contributed by atoms with Crippen LogP contribution in [0.3, 0.4) is 0 Å². The lowest BCUT2D eigenvalue weighted by molar-refractivity contribution is 0.766. The second-order valence-electron chi connectivity index (χ2n) is 3.77. The Morgan fingerprint density at radius 1 is 1.56 bits per heavy atom. The molecule has 1 aromatic carbocycles. The maximum atomic E-state index is 8.91. The van der Waals surface area contributed by atoms with Crippen molar-refractivity contribution in [2.75, 3.05) is 29.7 Å². The van der Waals surface area contributed by atoms with Gasteiger partial charge in [0.1, 0.15) is 6.07 Å². The van der Waals surface area contributed by atoms with Crippen LogP contribution in [0.5, 0.6) is 0 Å². The summed E-state index contributed by atoms with van der Waals surface area (Å²) in [7, 11) is 2.01. The molecule has 86 valence electrons. The average molecular weight is 235 g/mol. The molecule has 0 amide bonds. The first-order valence-electron chi connectivity index (χ1n) is 5.12. The van der Waals surface area contributed by atoms with Gasteiger partial charge < -0.3 is 10.6 Å². The van der Waals surface area contributed by atoms with Crippen LogP contribution in [0.15, 0.2) is 18.2 Å². The highest BCUT2D eigenvalue weighted by Gasteiger charge is 2.13. The van der Waals surface area contributed by atoms with E-state index in [0.29, 0.717) is 17.3 Å². The van der Waals surface area contributed by atoms with E-state index < -0.39 is 0 Å². The number of hydrogen-bond donors (Lipinski definition) is 1. The molecule has 2 N–H and O–H groups in total. The molecule has 3 nitrogen and oxygen atoms in total. The fourth-order valence-electron chi connectivity index (χ4n) is 1.55. The van der Waals surface area contributed by atoms with Crippen LogP contribution in [0.4, 0.5) is 11.4 Å². The molecular formula is C12H17N3S. The molecule has 0 aromatic heterocycles. The van der Waals surface area contributed by atoms with Crippen molar-refractivity contribution in [1.82, 2.24) is 0 Å². The number of nitrogens with two attached hydrogens (primary N) is 1. The first kappa shape index (κ1) is 12.7. The highest BCUT2D eigenvalue weighted by Crippen LogP contribution is 2.27. The Kier molecular flexibility index (Phi) is 4.51. The van der Waals surface area contributed by atoms with Gasteiger partial charge in [-0.2, -0.15) is 17.0 Å². The van der Waals surface area contributed by atoms with Gasteiger partial charge in [0.15, 0.2) is 0 Å². The Bertz CT molecular complexity index is 398. The number of thioether (sulfide) groups is 1. The van der Waals surface area contributed by atoms with E-state index in [0.717, 1.165) is 11.4 Å². The number of nitrogen functional groups attached to an aromatic ring is 1. The zero-order valence-corrected chi connectivity index (χ0v) is 10.7. The van der Waals surface area contributed by atoms with Crippen molar-refractivity contribution in [3.05, 3.63) is 23.8 Å². The highest BCUT2D eigenvalue weighted by molar-refractivity contribution is 7.98. The fraction of sp³-hybridized carbons (Fsp3) is 0.417. The summed E-state index contributed by atoms with van der Waals surface area (Å²) < 4.78 is 0. The molecule has 16 heavy (non-hydrogen) atoms. The minimum atomic E-state index is 0.395. The maximum Gasteiger partial charge on any atom is 0.101 e. The smallest absolute Gasteiger partial charge is 0.101 e. The summed E-state index contributed by atoms with van der Waals surface area (Å²) in [5.74, 6) is 1.03. The van der Waals surface area contributed by atoms with Crippen molar-refractivity contribution < 1.29 is 0 Å². The molecule has 0 radical (unpaired) electrons. The van der Waals surface area contributed by atoms with Gasteiger partial charge in [-0.05, 0) is 25.3 Å². The van der Waals surface area contributed by atoms with Gasteiger partial charge in [0, 0.05) is 18.8 Å². The Labute approximate surface area is 101 Å². The molecule has 1 unspecified atom stereocenters. The number of hydrogen-bond acceptors (Lipinski definition) is 4. The normalized spacial score (nSPS) is 11.9. The van der Waals surface area contributed by atoms with Crippen molar-refractivity contribution in [3.8, 4) is 6.07 Å². The summed E-state index contributed by atoms with van der Waals surface area (Å²) in [6, 6.07) is 8.06. The molecule has 0 bridgehead atoms. The molecule has 0 aliphatic carbocycles. The molecule has 0 saturated heterocycles. The van der Waals surface area contributed by atoms with Crippen molar-refractivity contribution in [1.29, 1.82) is 5.26 Å². The number of rotatable bonds is 4. The van der Waals surface area contributed by atoms with E-state index in [1.807, 2.05) is 19.2 Å². The molecule has 0 aliphatic rings. The van der Waals surface area contributed by atoms with E-state index in [9.17, 15) is 0 Å². The molecule has 4 heteroatoms. The lowest BCUT2D eigenvalue weighted by Gasteiger charge is -2.27. The van der Waals surface area contributed by atoms with Crippen LogP contribution < -0.4 is 10.6 Å². The van der Waals surface area contributed by atoms with Crippen LogP contribution in [0.25, 0.3) is 0 Å². The minimum absolute atomic E-state index is 0.395. The predicted molar refractivity (Wildman–Crippen MR) is 71.8 cm³/mol. The second kappa shape index (κ2) is 5.66. The number of nitriles is 1. The SMILES string of the molecule is CSCC(C)N(C)c1cccc(C#N)c1N. The monoisotopic (exact) mass is 235 g/mol. The Balaban J connectivity index is 3.00. The number of anilines is 2. The Morgan fingerprint density at radius 2 is 2.25 bits per heavy atom. The van der Waals surface area contributed by atoms with Crippen LogP contribution in [0.2, 0.25) is 0 Å². The molecular weight excluding hydrogens is 218 g/mol. The van der Waals surface area contributed by atoms with Gasteiger partial charge in [-0.3, -0.25) is 0 Å². The number of para-hydroxylation sites is 1. The van der Waals surface area contributed by atoms with E-state index in [1.165, 1.54) is 0 Å². The van der Waals surface area contributed by atoms with Gasteiger partial charge in [0.2, 0.25) is 0 Å². The highest BCUT2D eigenvalue weighted by atomic mass is 32.2. The van der Waals surface area contributed by atoms with Crippen molar-refractivity contribution in [2.45, 2.75) is 13.0 Å². The second-order valence-corrected chi connectivity index (χ2v) is 4.68. The Hall–Kier alpha value is -1.34. The van der Waals surface area contributed by atoms with Crippen molar-refractivity contribution in [3.63, 3.8) is 0 Å². The van der Waals surface area contributed by atoms with Gasteiger partial charge in [-0.25, -0.2) is 0 Å². The lowest BCUT2D eigenvalue weighted by Crippen LogP contribution is -2.31. The summed E-state index contributed by atoms with van der Waals surface area (Å²) >= 11 is 1.80. The minimum Gasteiger partial charge on any atom is -0.396 e.